The molecule has 0 saturated heterocycles. The smallest absolute Gasteiger partial charge is 0.416 e. The van der Waals surface area contributed by atoms with Gasteiger partial charge in [0.25, 0.3) is 0 Å². The molecule has 0 heterocycles. The summed E-state index contributed by atoms with van der Waals surface area (Å²) in [5.74, 6) is -1.02. The van der Waals surface area contributed by atoms with Gasteiger partial charge in [-0.25, -0.2) is 0 Å². The molecular weight excluding hydrogens is 350 g/mol. The Balaban J connectivity index is 2.81. The third-order valence-electron chi connectivity index (χ3n) is 3.96. The van der Waals surface area contributed by atoms with Crippen molar-refractivity contribution >= 4 is 0 Å². The SMILES string of the molecule is CC(C)(c1cc(O)ccc1C(F)(F)F)c1cc(O)ccc1C(F)(F)F. The summed E-state index contributed by atoms with van der Waals surface area (Å²) in [6, 6.07) is 4.43. The number of hydrogen-bond acceptors (Lipinski definition) is 2. The summed E-state index contributed by atoms with van der Waals surface area (Å²) in [6.45, 7) is 2.34. The average molecular weight is 364 g/mol. The fourth-order valence-corrected chi connectivity index (χ4v) is 2.74. The van der Waals surface area contributed by atoms with Gasteiger partial charge in [-0.3, -0.25) is 0 Å². The minimum Gasteiger partial charge on any atom is -0.508 e. The highest BCUT2D eigenvalue weighted by Crippen LogP contribution is 2.46. The van der Waals surface area contributed by atoms with E-state index >= 15 is 0 Å². The Kier molecular flexibility index (Phi) is 4.44. The molecule has 8 heteroatoms. The van der Waals surface area contributed by atoms with E-state index in [1.807, 2.05) is 0 Å². The van der Waals surface area contributed by atoms with Crippen molar-refractivity contribution < 1.29 is 36.6 Å². The Morgan fingerprint density at radius 3 is 1.20 bits per heavy atom. The van der Waals surface area contributed by atoms with E-state index in [0.29, 0.717) is 12.1 Å². The predicted molar refractivity (Wildman–Crippen MR) is 78.3 cm³/mol. The van der Waals surface area contributed by atoms with Crippen LogP contribution in [0.3, 0.4) is 0 Å². The zero-order chi connectivity index (χ0) is 19.2. The summed E-state index contributed by atoms with van der Waals surface area (Å²) in [7, 11) is 0. The number of phenols is 2. The van der Waals surface area contributed by atoms with Crippen LogP contribution < -0.4 is 0 Å². The Bertz CT molecular complexity index is 725. The van der Waals surface area contributed by atoms with E-state index in [-0.39, 0.29) is 0 Å². The lowest BCUT2D eigenvalue weighted by Crippen LogP contribution is -2.27. The van der Waals surface area contributed by atoms with Gasteiger partial charge in [0, 0.05) is 5.41 Å². The maximum Gasteiger partial charge on any atom is 0.416 e. The number of hydrogen-bond donors (Lipinski definition) is 2. The van der Waals surface area contributed by atoms with Crippen molar-refractivity contribution in [2.45, 2.75) is 31.6 Å². The second-order valence-electron chi connectivity index (χ2n) is 6.08. The Hall–Kier alpha value is -2.38. The molecule has 25 heavy (non-hydrogen) atoms. The Labute approximate surface area is 139 Å². The lowest BCUT2D eigenvalue weighted by Gasteiger charge is -2.31. The molecule has 0 atom stereocenters. The van der Waals surface area contributed by atoms with E-state index in [1.54, 1.807) is 0 Å². The fraction of sp³-hybridized carbons (Fsp3) is 0.294. The van der Waals surface area contributed by atoms with Gasteiger partial charge in [-0.05, 0) is 47.5 Å². The van der Waals surface area contributed by atoms with Crippen LogP contribution in [-0.4, -0.2) is 10.2 Å². The molecule has 2 aromatic rings. The second-order valence-corrected chi connectivity index (χ2v) is 6.08. The molecule has 136 valence electrons. The van der Waals surface area contributed by atoms with Crippen LogP contribution in [0.25, 0.3) is 0 Å². The molecule has 0 aliphatic carbocycles. The maximum absolute atomic E-state index is 13.3. The summed E-state index contributed by atoms with van der Waals surface area (Å²) < 4.78 is 79.7. The van der Waals surface area contributed by atoms with Crippen LogP contribution in [0, 0.1) is 0 Å². The summed E-state index contributed by atoms with van der Waals surface area (Å²) >= 11 is 0. The molecule has 2 rings (SSSR count). The zero-order valence-corrected chi connectivity index (χ0v) is 13.1. The van der Waals surface area contributed by atoms with Crippen LogP contribution in [0.2, 0.25) is 0 Å². The highest BCUT2D eigenvalue weighted by molar-refractivity contribution is 5.51. The van der Waals surface area contributed by atoms with Crippen molar-refractivity contribution in [2.24, 2.45) is 0 Å². The molecule has 0 radical (unpaired) electrons. The van der Waals surface area contributed by atoms with Crippen LogP contribution in [0.15, 0.2) is 36.4 Å². The van der Waals surface area contributed by atoms with E-state index in [4.69, 9.17) is 0 Å². The van der Waals surface area contributed by atoms with E-state index < -0.39 is 51.5 Å². The number of benzene rings is 2. The molecule has 0 aliphatic heterocycles. The molecule has 0 aromatic heterocycles. The van der Waals surface area contributed by atoms with Crippen LogP contribution in [0.1, 0.15) is 36.1 Å². The molecule has 0 unspecified atom stereocenters. The van der Waals surface area contributed by atoms with Gasteiger partial charge in [-0.1, -0.05) is 13.8 Å². The number of aromatic hydroxyl groups is 2. The maximum atomic E-state index is 13.3. The third-order valence-corrected chi connectivity index (χ3v) is 3.96. The zero-order valence-electron chi connectivity index (χ0n) is 13.1. The standard InChI is InChI=1S/C17H14F6O2/c1-15(2,13-7-9(24)3-5-11(13)16(18,19)20)14-8-10(25)4-6-12(14)17(21,22)23/h3-8,24-25H,1-2H3. The molecule has 0 fully saturated rings. The first-order valence-corrected chi connectivity index (χ1v) is 7.06. The Morgan fingerprint density at radius 2 is 0.920 bits per heavy atom. The van der Waals surface area contributed by atoms with Crippen molar-refractivity contribution in [1.29, 1.82) is 0 Å². The lowest BCUT2D eigenvalue weighted by atomic mass is 9.74. The molecule has 0 amide bonds. The monoisotopic (exact) mass is 364 g/mol. The summed E-state index contributed by atoms with van der Waals surface area (Å²) in [5.41, 5.74) is -5.18. The molecule has 2 N–H and O–H groups in total. The van der Waals surface area contributed by atoms with Crippen LogP contribution >= 0.6 is 0 Å². The lowest BCUT2D eigenvalue weighted by molar-refractivity contribution is -0.139. The first-order valence-electron chi connectivity index (χ1n) is 7.06. The minimum atomic E-state index is -4.82. The molecule has 0 spiro atoms. The van der Waals surface area contributed by atoms with Crippen LogP contribution in [0.4, 0.5) is 26.3 Å². The van der Waals surface area contributed by atoms with E-state index in [9.17, 15) is 36.6 Å². The number of alkyl halides is 6. The topological polar surface area (TPSA) is 40.5 Å². The van der Waals surface area contributed by atoms with Crippen molar-refractivity contribution in [3.63, 3.8) is 0 Å². The summed E-state index contributed by atoms with van der Waals surface area (Å²) in [4.78, 5) is 0. The van der Waals surface area contributed by atoms with Crippen molar-refractivity contribution in [1.82, 2.24) is 0 Å². The van der Waals surface area contributed by atoms with Gasteiger partial charge >= 0.3 is 12.4 Å². The van der Waals surface area contributed by atoms with Gasteiger partial charge < -0.3 is 10.2 Å². The normalized spacial score (nSPS) is 13.1. The second kappa shape index (κ2) is 5.86. The number of phenolic OH excluding ortho intramolecular Hbond substituents is 2. The van der Waals surface area contributed by atoms with Crippen molar-refractivity contribution in [3.05, 3.63) is 58.7 Å². The van der Waals surface area contributed by atoms with Gasteiger partial charge in [0.15, 0.2) is 0 Å². The molecule has 0 aliphatic rings. The third kappa shape index (κ3) is 3.67. The summed E-state index contributed by atoms with van der Waals surface area (Å²) in [6.07, 6.45) is -9.65. The van der Waals surface area contributed by atoms with E-state index in [0.717, 1.165) is 24.3 Å². The van der Waals surface area contributed by atoms with Gasteiger partial charge in [0.1, 0.15) is 11.5 Å². The predicted octanol–water partition coefficient (Wildman–Crippen LogP) is 5.46. The van der Waals surface area contributed by atoms with Crippen LogP contribution in [0.5, 0.6) is 11.5 Å². The first kappa shape index (κ1) is 19.0. The van der Waals surface area contributed by atoms with Gasteiger partial charge in [-0.15, -0.1) is 0 Å². The van der Waals surface area contributed by atoms with Crippen molar-refractivity contribution in [3.8, 4) is 11.5 Å². The molecule has 2 nitrogen and oxygen atoms in total. The summed E-state index contributed by atoms with van der Waals surface area (Å²) in [5, 5.41) is 19.1. The van der Waals surface area contributed by atoms with Gasteiger partial charge in [0.05, 0.1) is 11.1 Å². The van der Waals surface area contributed by atoms with E-state index in [2.05, 4.69) is 0 Å². The highest BCUT2D eigenvalue weighted by atomic mass is 19.4. The molecule has 0 saturated carbocycles. The fourth-order valence-electron chi connectivity index (χ4n) is 2.74. The van der Waals surface area contributed by atoms with E-state index in [1.165, 1.54) is 13.8 Å². The Morgan fingerprint density at radius 1 is 0.600 bits per heavy atom. The van der Waals surface area contributed by atoms with Gasteiger partial charge in [0.2, 0.25) is 0 Å². The largest absolute Gasteiger partial charge is 0.508 e. The number of rotatable bonds is 2. The van der Waals surface area contributed by atoms with Crippen LogP contribution in [-0.2, 0) is 17.8 Å². The van der Waals surface area contributed by atoms with Crippen molar-refractivity contribution in [2.75, 3.05) is 0 Å². The quantitative estimate of drug-likeness (QED) is 0.695. The first-order chi connectivity index (χ1) is 11.2. The molecule has 0 bridgehead atoms. The average Bonchev–Trinajstić information content (AvgIpc) is 2.44. The minimum absolute atomic E-state index is 0.509. The number of halogens is 6. The van der Waals surface area contributed by atoms with Gasteiger partial charge in [-0.2, -0.15) is 26.3 Å². The highest BCUT2D eigenvalue weighted by Gasteiger charge is 2.43. The molecular formula is C17H14F6O2. The molecule has 2 aromatic carbocycles.